The first-order chi connectivity index (χ1) is 7.13. The van der Waals surface area contributed by atoms with Crippen molar-refractivity contribution < 1.29 is 0 Å². The largest absolute Gasteiger partial charge is 0.394 e. The minimum absolute atomic E-state index is 0.813. The van der Waals surface area contributed by atoms with Gasteiger partial charge >= 0.3 is 0 Å². The molecule has 3 N–H and O–H groups in total. The maximum absolute atomic E-state index is 6.01. The lowest BCUT2D eigenvalue weighted by atomic mass is 10.3. The maximum atomic E-state index is 6.01. The molecular weight excluding hydrogens is 188 g/mol. The molecule has 2 atom stereocenters. The average molecular weight is 208 g/mol. The van der Waals surface area contributed by atoms with E-state index in [1.165, 1.54) is 6.42 Å². The summed E-state index contributed by atoms with van der Waals surface area (Å²) in [4.78, 5) is 0. The maximum Gasteiger partial charge on any atom is 0.147 e. The number of aromatic nitrogens is 2. The predicted octanol–water partition coefficient (Wildman–Crippen LogP) is 1.63. The van der Waals surface area contributed by atoms with Crippen LogP contribution in [0.2, 0.25) is 0 Å². The molecule has 1 saturated carbocycles. The van der Waals surface area contributed by atoms with Gasteiger partial charge in [0, 0.05) is 13.6 Å². The first-order valence-electron chi connectivity index (χ1n) is 5.68. The van der Waals surface area contributed by atoms with Crippen molar-refractivity contribution in [1.29, 1.82) is 0 Å². The number of hydrogen-bond donors (Lipinski definition) is 2. The van der Waals surface area contributed by atoms with E-state index in [9.17, 15) is 0 Å². The molecule has 84 valence electrons. The van der Waals surface area contributed by atoms with E-state index in [0.29, 0.717) is 0 Å². The van der Waals surface area contributed by atoms with Crippen LogP contribution >= 0.6 is 0 Å². The van der Waals surface area contributed by atoms with Crippen molar-refractivity contribution in [3.05, 3.63) is 5.69 Å². The molecular formula is C11H20N4. The Kier molecular flexibility index (Phi) is 2.59. The van der Waals surface area contributed by atoms with E-state index >= 15 is 0 Å². The molecule has 0 saturated heterocycles. The molecule has 0 spiro atoms. The van der Waals surface area contributed by atoms with Crippen molar-refractivity contribution in [2.45, 2.75) is 26.7 Å². The van der Waals surface area contributed by atoms with Crippen LogP contribution in [0.25, 0.3) is 0 Å². The second kappa shape index (κ2) is 3.76. The molecule has 1 aliphatic carbocycles. The summed E-state index contributed by atoms with van der Waals surface area (Å²) in [5.74, 6) is 2.67. The molecule has 4 heteroatoms. The van der Waals surface area contributed by atoms with Crippen LogP contribution in [0.5, 0.6) is 0 Å². The highest BCUT2D eigenvalue weighted by Crippen LogP contribution is 2.38. The number of nitrogen functional groups attached to an aromatic ring is 1. The smallest absolute Gasteiger partial charge is 0.147 e. The molecule has 2 rings (SSSR count). The van der Waals surface area contributed by atoms with E-state index in [1.54, 1.807) is 0 Å². The molecule has 0 aliphatic heterocycles. The number of nitrogens with two attached hydrogens (primary N) is 1. The zero-order valence-electron chi connectivity index (χ0n) is 9.75. The van der Waals surface area contributed by atoms with Gasteiger partial charge in [0.2, 0.25) is 0 Å². The van der Waals surface area contributed by atoms with Gasteiger partial charge in [0.05, 0.1) is 11.4 Å². The Morgan fingerprint density at radius 2 is 2.27 bits per heavy atom. The Balaban J connectivity index is 2.03. The predicted molar refractivity (Wildman–Crippen MR) is 62.8 cm³/mol. The van der Waals surface area contributed by atoms with E-state index in [2.05, 4.69) is 24.3 Å². The Bertz CT molecular complexity index is 356. The van der Waals surface area contributed by atoms with Crippen molar-refractivity contribution >= 4 is 11.5 Å². The van der Waals surface area contributed by atoms with Crippen LogP contribution in [0, 0.1) is 11.8 Å². The molecule has 1 heterocycles. The zero-order chi connectivity index (χ0) is 11.0. The van der Waals surface area contributed by atoms with Crippen LogP contribution in [0.4, 0.5) is 11.5 Å². The van der Waals surface area contributed by atoms with Crippen molar-refractivity contribution in [2.75, 3.05) is 17.6 Å². The highest BCUT2D eigenvalue weighted by Gasteiger charge is 2.32. The summed E-state index contributed by atoms with van der Waals surface area (Å²) in [7, 11) is 1.94. The molecule has 1 aliphatic rings. The number of rotatable bonds is 4. The van der Waals surface area contributed by atoms with Crippen molar-refractivity contribution in [2.24, 2.45) is 18.9 Å². The minimum Gasteiger partial charge on any atom is -0.394 e. The van der Waals surface area contributed by atoms with E-state index < -0.39 is 0 Å². The van der Waals surface area contributed by atoms with E-state index in [-0.39, 0.29) is 0 Å². The SMILES string of the molecule is CCc1nn(C)c(NCC2CC2C)c1N. The molecule has 2 unspecified atom stereocenters. The molecule has 0 amide bonds. The number of nitrogens with zero attached hydrogens (tertiary/aromatic N) is 2. The van der Waals surface area contributed by atoms with Gasteiger partial charge in [-0.3, -0.25) is 4.68 Å². The first kappa shape index (κ1) is 10.3. The molecule has 1 aromatic rings. The van der Waals surface area contributed by atoms with Crippen LogP contribution in [0.1, 0.15) is 26.0 Å². The van der Waals surface area contributed by atoms with Crippen LogP contribution in [-0.2, 0) is 13.5 Å². The molecule has 0 radical (unpaired) electrons. The van der Waals surface area contributed by atoms with Crippen LogP contribution in [0.15, 0.2) is 0 Å². The minimum atomic E-state index is 0.813. The third kappa shape index (κ3) is 1.94. The Morgan fingerprint density at radius 3 is 2.73 bits per heavy atom. The highest BCUT2D eigenvalue weighted by atomic mass is 15.3. The lowest BCUT2D eigenvalue weighted by Gasteiger charge is -2.06. The zero-order valence-corrected chi connectivity index (χ0v) is 9.75. The van der Waals surface area contributed by atoms with Gasteiger partial charge in [-0.15, -0.1) is 0 Å². The van der Waals surface area contributed by atoms with Gasteiger partial charge in [-0.05, 0) is 24.7 Å². The number of hydrogen-bond acceptors (Lipinski definition) is 3. The summed E-state index contributed by atoms with van der Waals surface area (Å²) in [5.41, 5.74) is 7.81. The average Bonchev–Trinajstić information content (AvgIpc) is 2.83. The third-order valence-electron chi connectivity index (χ3n) is 3.30. The lowest BCUT2D eigenvalue weighted by Crippen LogP contribution is -2.09. The van der Waals surface area contributed by atoms with Gasteiger partial charge in [-0.1, -0.05) is 13.8 Å². The first-order valence-corrected chi connectivity index (χ1v) is 5.68. The van der Waals surface area contributed by atoms with Crippen LogP contribution in [-0.4, -0.2) is 16.3 Å². The third-order valence-corrected chi connectivity index (χ3v) is 3.30. The number of aryl methyl sites for hydroxylation is 2. The Morgan fingerprint density at radius 1 is 1.60 bits per heavy atom. The highest BCUT2D eigenvalue weighted by molar-refractivity contribution is 5.65. The molecule has 1 aromatic heterocycles. The molecule has 4 nitrogen and oxygen atoms in total. The topological polar surface area (TPSA) is 55.9 Å². The normalized spacial score (nSPS) is 24.2. The van der Waals surface area contributed by atoms with E-state index in [0.717, 1.165) is 42.0 Å². The van der Waals surface area contributed by atoms with E-state index in [1.807, 2.05) is 11.7 Å². The van der Waals surface area contributed by atoms with Crippen LogP contribution < -0.4 is 11.1 Å². The van der Waals surface area contributed by atoms with Gasteiger partial charge in [-0.2, -0.15) is 5.10 Å². The quantitative estimate of drug-likeness (QED) is 0.790. The molecule has 0 aromatic carbocycles. The van der Waals surface area contributed by atoms with Crippen LogP contribution in [0.3, 0.4) is 0 Å². The number of nitrogens with one attached hydrogen (secondary N) is 1. The summed E-state index contributed by atoms with van der Waals surface area (Å²) < 4.78 is 1.85. The van der Waals surface area contributed by atoms with Crippen molar-refractivity contribution in [3.8, 4) is 0 Å². The molecule has 0 bridgehead atoms. The van der Waals surface area contributed by atoms with Gasteiger partial charge in [0.1, 0.15) is 5.82 Å². The fraction of sp³-hybridized carbons (Fsp3) is 0.727. The van der Waals surface area contributed by atoms with Crippen molar-refractivity contribution in [1.82, 2.24) is 9.78 Å². The second-order valence-electron chi connectivity index (χ2n) is 4.54. The van der Waals surface area contributed by atoms with Gasteiger partial charge in [-0.25, -0.2) is 0 Å². The Labute approximate surface area is 90.8 Å². The summed E-state index contributed by atoms with van der Waals surface area (Å²) in [5, 5.41) is 7.78. The summed E-state index contributed by atoms with van der Waals surface area (Å²) >= 11 is 0. The molecule has 15 heavy (non-hydrogen) atoms. The van der Waals surface area contributed by atoms with Gasteiger partial charge in [0.25, 0.3) is 0 Å². The second-order valence-corrected chi connectivity index (χ2v) is 4.54. The lowest BCUT2D eigenvalue weighted by molar-refractivity contribution is 0.731. The number of anilines is 2. The van der Waals surface area contributed by atoms with Gasteiger partial charge < -0.3 is 11.1 Å². The monoisotopic (exact) mass is 208 g/mol. The fourth-order valence-corrected chi connectivity index (χ4v) is 1.98. The summed E-state index contributed by atoms with van der Waals surface area (Å²) in [6, 6.07) is 0. The summed E-state index contributed by atoms with van der Waals surface area (Å²) in [6.07, 6.45) is 2.23. The fourth-order valence-electron chi connectivity index (χ4n) is 1.98. The molecule has 1 fully saturated rings. The standard InChI is InChI=1S/C11H20N4/c1-4-9-10(12)11(15(3)14-9)13-6-8-5-7(8)2/h7-8,13H,4-6,12H2,1-3H3. The Hall–Kier alpha value is -1.19. The van der Waals surface area contributed by atoms with Gasteiger partial charge in [0.15, 0.2) is 0 Å². The van der Waals surface area contributed by atoms with Crippen molar-refractivity contribution in [3.63, 3.8) is 0 Å². The summed E-state index contributed by atoms with van der Waals surface area (Å²) in [6.45, 7) is 5.38. The van der Waals surface area contributed by atoms with E-state index in [4.69, 9.17) is 5.73 Å².